The molecule has 0 unspecified atom stereocenters. The van der Waals surface area contributed by atoms with Gasteiger partial charge in [0.25, 0.3) is 0 Å². The summed E-state index contributed by atoms with van der Waals surface area (Å²) in [4.78, 5) is 8.70. The summed E-state index contributed by atoms with van der Waals surface area (Å²) in [6.07, 6.45) is 5.74. The van der Waals surface area contributed by atoms with Gasteiger partial charge in [0, 0.05) is 37.6 Å². The van der Waals surface area contributed by atoms with Gasteiger partial charge in [-0.05, 0) is 44.9 Å². The summed E-state index contributed by atoms with van der Waals surface area (Å²) in [5.74, 6) is 2.28. The van der Waals surface area contributed by atoms with Crippen LogP contribution in [0.5, 0.6) is 11.5 Å². The Labute approximate surface area is 170 Å². The van der Waals surface area contributed by atoms with E-state index in [1.165, 1.54) is 13.2 Å². The molecule has 0 spiro atoms. The molecular weight excluding hydrogens is 380 g/mol. The Morgan fingerprint density at radius 1 is 1.28 bits per heavy atom. The first-order valence-corrected chi connectivity index (χ1v) is 9.65. The molecule has 0 amide bonds. The highest BCUT2D eigenvalue weighted by molar-refractivity contribution is 5.79. The third-order valence-electron chi connectivity index (χ3n) is 4.28. The maximum Gasteiger partial charge on any atom is 0.387 e. The van der Waals surface area contributed by atoms with Crippen LogP contribution in [0.25, 0.3) is 0 Å². The SMILES string of the molecule is CCNC(=NCc1cc(OC)ccc1OC(F)F)NCCCCn1ccnc1C. The molecule has 0 saturated carbocycles. The standard InChI is InChI=1S/C20H29F2N5O2/c1-4-23-20(25-9-5-6-11-27-12-10-24-15(27)2)26-14-16-13-17(28-3)7-8-18(16)29-19(21)22/h7-8,10,12-13,19H,4-6,9,11,14H2,1-3H3,(H2,23,25,26). The van der Waals surface area contributed by atoms with Gasteiger partial charge in [-0.25, -0.2) is 9.98 Å². The van der Waals surface area contributed by atoms with E-state index in [-0.39, 0.29) is 12.3 Å². The predicted molar refractivity (Wildman–Crippen MR) is 109 cm³/mol. The fraction of sp³-hybridized carbons (Fsp3) is 0.500. The van der Waals surface area contributed by atoms with Crippen molar-refractivity contribution in [2.75, 3.05) is 20.2 Å². The molecule has 0 bridgehead atoms. The van der Waals surface area contributed by atoms with Gasteiger partial charge in [-0.2, -0.15) is 8.78 Å². The molecule has 0 radical (unpaired) electrons. The molecule has 2 N–H and O–H groups in total. The Morgan fingerprint density at radius 3 is 2.76 bits per heavy atom. The summed E-state index contributed by atoms with van der Waals surface area (Å²) < 4.78 is 37.2. The number of hydrogen-bond acceptors (Lipinski definition) is 4. The second-order valence-electron chi connectivity index (χ2n) is 6.35. The van der Waals surface area contributed by atoms with E-state index in [0.717, 1.165) is 31.8 Å². The number of aryl methyl sites for hydroxylation is 2. The van der Waals surface area contributed by atoms with Gasteiger partial charge in [-0.3, -0.25) is 0 Å². The van der Waals surface area contributed by atoms with Crippen molar-refractivity contribution in [3.05, 3.63) is 42.0 Å². The smallest absolute Gasteiger partial charge is 0.387 e. The molecule has 1 heterocycles. The van der Waals surface area contributed by atoms with Gasteiger partial charge >= 0.3 is 6.61 Å². The Kier molecular flexibility index (Phi) is 9.20. The molecule has 0 aliphatic heterocycles. The molecule has 2 aromatic rings. The quantitative estimate of drug-likeness (QED) is 0.338. The number of unbranched alkanes of at least 4 members (excludes halogenated alkanes) is 1. The minimum Gasteiger partial charge on any atom is -0.497 e. The van der Waals surface area contributed by atoms with Gasteiger partial charge in [0.05, 0.1) is 13.7 Å². The number of ether oxygens (including phenoxy) is 2. The second-order valence-corrected chi connectivity index (χ2v) is 6.35. The molecule has 0 fully saturated rings. The van der Waals surface area contributed by atoms with Crippen LogP contribution in [-0.2, 0) is 13.1 Å². The van der Waals surface area contributed by atoms with Crippen LogP contribution in [0, 0.1) is 6.92 Å². The van der Waals surface area contributed by atoms with Crippen LogP contribution in [0.2, 0.25) is 0 Å². The highest BCUT2D eigenvalue weighted by Crippen LogP contribution is 2.26. The van der Waals surface area contributed by atoms with E-state index in [4.69, 9.17) is 4.74 Å². The number of imidazole rings is 1. The van der Waals surface area contributed by atoms with Crippen molar-refractivity contribution in [2.45, 2.75) is 46.4 Å². The number of guanidine groups is 1. The first-order valence-electron chi connectivity index (χ1n) is 9.65. The Bertz CT molecular complexity index is 780. The summed E-state index contributed by atoms with van der Waals surface area (Å²) in [7, 11) is 1.52. The highest BCUT2D eigenvalue weighted by Gasteiger charge is 2.11. The summed E-state index contributed by atoms with van der Waals surface area (Å²) >= 11 is 0. The Hall–Kier alpha value is -2.84. The molecule has 29 heavy (non-hydrogen) atoms. The van der Waals surface area contributed by atoms with Gasteiger partial charge in [-0.1, -0.05) is 0 Å². The van der Waals surface area contributed by atoms with Gasteiger partial charge in [0.1, 0.15) is 17.3 Å². The van der Waals surface area contributed by atoms with E-state index in [1.807, 2.05) is 20.0 Å². The molecule has 1 aromatic carbocycles. The lowest BCUT2D eigenvalue weighted by Crippen LogP contribution is -2.37. The van der Waals surface area contributed by atoms with Crippen molar-refractivity contribution in [1.29, 1.82) is 0 Å². The number of alkyl halides is 2. The number of halogens is 2. The van der Waals surface area contributed by atoms with Crippen molar-refractivity contribution in [3.63, 3.8) is 0 Å². The number of benzene rings is 1. The van der Waals surface area contributed by atoms with Crippen molar-refractivity contribution in [3.8, 4) is 11.5 Å². The van der Waals surface area contributed by atoms with E-state index in [1.54, 1.807) is 18.3 Å². The minimum atomic E-state index is -2.89. The zero-order valence-corrected chi connectivity index (χ0v) is 17.1. The average Bonchev–Trinajstić information content (AvgIpc) is 3.11. The lowest BCUT2D eigenvalue weighted by atomic mass is 10.2. The predicted octanol–water partition coefficient (Wildman–Crippen LogP) is 3.34. The third kappa shape index (κ3) is 7.59. The summed E-state index contributed by atoms with van der Waals surface area (Å²) in [6, 6.07) is 4.70. The summed E-state index contributed by atoms with van der Waals surface area (Å²) in [6.45, 7) is 3.60. The van der Waals surface area contributed by atoms with Crippen LogP contribution < -0.4 is 20.1 Å². The molecule has 9 heteroatoms. The molecule has 0 aliphatic rings. The zero-order chi connectivity index (χ0) is 21.1. The maximum absolute atomic E-state index is 12.6. The van der Waals surface area contributed by atoms with Gasteiger partial charge < -0.3 is 24.7 Å². The summed E-state index contributed by atoms with van der Waals surface area (Å²) in [5, 5.41) is 6.43. The molecule has 1 aromatic heterocycles. The van der Waals surface area contributed by atoms with Crippen LogP contribution in [0.1, 0.15) is 31.2 Å². The van der Waals surface area contributed by atoms with E-state index in [9.17, 15) is 8.78 Å². The van der Waals surface area contributed by atoms with E-state index < -0.39 is 6.61 Å². The number of hydrogen-bond donors (Lipinski definition) is 2. The number of methoxy groups -OCH3 is 1. The van der Waals surface area contributed by atoms with Gasteiger partial charge in [0.15, 0.2) is 5.96 Å². The van der Waals surface area contributed by atoms with E-state index in [0.29, 0.717) is 23.8 Å². The zero-order valence-electron chi connectivity index (χ0n) is 17.1. The number of rotatable bonds is 11. The van der Waals surface area contributed by atoms with Crippen molar-refractivity contribution in [1.82, 2.24) is 20.2 Å². The van der Waals surface area contributed by atoms with Gasteiger partial charge in [-0.15, -0.1) is 0 Å². The average molecular weight is 409 g/mol. The Morgan fingerprint density at radius 2 is 2.10 bits per heavy atom. The van der Waals surface area contributed by atoms with Crippen molar-refractivity contribution in [2.24, 2.45) is 4.99 Å². The molecule has 0 atom stereocenters. The fourth-order valence-electron chi connectivity index (χ4n) is 2.78. The first kappa shape index (κ1) is 22.4. The van der Waals surface area contributed by atoms with E-state index in [2.05, 4.69) is 29.9 Å². The number of aromatic nitrogens is 2. The van der Waals surface area contributed by atoms with Crippen molar-refractivity contribution < 1.29 is 18.3 Å². The second kappa shape index (κ2) is 11.9. The first-order chi connectivity index (χ1) is 14.0. The molecule has 0 saturated heterocycles. The fourth-order valence-corrected chi connectivity index (χ4v) is 2.78. The largest absolute Gasteiger partial charge is 0.497 e. The number of aliphatic imine (C=N–C) groups is 1. The van der Waals surface area contributed by atoms with Crippen LogP contribution >= 0.6 is 0 Å². The summed E-state index contributed by atoms with van der Waals surface area (Å²) in [5.41, 5.74) is 0.525. The monoisotopic (exact) mass is 409 g/mol. The minimum absolute atomic E-state index is 0.0936. The van der Waals surface area contributed by atoms with Crippen LogP contribution in [0.15, 0.2) is 35.6 Å². The number of nitrogens with zero attached hydrogens (tertiary/aromatic N) is 3. The van der Waals surface area contributed by atoms with Crippen molar-refractivity contribution >= 4 is 5.96 Å². The molecule has 2 rings (SSSR count). The van der Waals surface area contributed by atoms with E-state index >= 15 is 0 Å². The number of nitrogens with one attached hydrogen (secondary N) is 2. The van der Waals surface area contributed by atoms with Gasteiger partial charge in [0.2, 0.25) is 0 Å². The molecular formula is C20H29F2N5O2. The third-order valence-corrected chi connectivity index (χ3v) is 4.28. The molecule has 160 valence electrons. The normalized spacial score (nSPS) is 11.6. The Balaban J connectivity index is 1.91. The maximum atomic E-state index is 12.6. The van der Waals surface area contributed by atoms with Crippen LogP contribution in [0.3, 0.4) is 0 Å². The lowest BCUT2D eigenvalue weighted by molar-refractivity contribution is -0.0504. The lowest BCUT2D eigenvalue weighted by Gasteiger charge is -2.14. The molecule has 7 nitrogen and oxygen atoms in total. The van der Waals surface area contributed by atoms with Crippen LogP contribution in [-0.4, -0.2) is 42.3 Å². The molecule has 0 aliphatic carbocycles. The highest BCUT2D eigenvalue weighted by atomic mass is 19.3. The van der Waals surface area contributed by atoms with Crippen LogP contribution in [0.4, 0.5) is 8.78 Å². The topological polar surface area (TPSA) is 72.7 Å².